The van der Waals surface area contributed by atoms with Crippen molar-refractivity contribution in [3.05, 3.63) is 71.2 Å². The average Bonchev–Trinajstić information content (AvgIpc) is 3.43. The topological polar surface area (TPSA) is 144 Å². The molecular weight excluding hydrogens is 602 g/mol. The van der Waals surface area contributed by atoms with Gasteiger partial charge in [0.2, 0.25) is 5.69 Å². The van der Waals surface area contributed by atoms with E-state index in [1.165, 1.54) is 7.11 Å². The lowest BCUT2D eigenvalue weighted by Crippen LogP contribution is -2.36. The van der Waals surface area contributed by atoms with Crippen LogP contribution in [-0.2, 0) is 47.3 Å². The molecule has 1 unspecified atom stereocenters. The van der Waals surface area contributed by atoms with Gasteiger partial charge in [0.1, 0.15) is 17.9 Å². The largest absolute Gasteiger partial charge is 0.465 e. The molecule has 12 nitrogen and oxygen atoms in total. The maximum atomic E-state index is 12.2. The molecule has 1 aromatic heterocycles. The van der Waals surface area contributed by atoms with Crippen molar-refractivity contribution in [1.82, 2.24) is 5.06 Å². The van der Waals surface area contributed by atoms with Crippen LogP contribution in [0.4, 0.5) is 5.69 Å². The number of pyridine rings is 1. The number of hydrogen-bond donors (Lipinski definition) is 1. The second-order valence-corrected chi connectivity index (χ2v) is 11.7. The molecule has 4 rings (SSSR count). The van der Waals surface area contributed by atoms with Gasteiger partial charge in [-0.15, -0.1) is 5.06 Å². The number of aryl methyl sites for hydroxylation is 1. The zero-order valence-corrected chi connectivity index (χ0v) is 26.6. The number of fused-ring (bicyclic) bond motifs is 1. The van der Waals surface area contributed by atoms with E-state index >= 15 is 0 Å². The fourth-order valence-corrected chi connectivity index (χ4v) is 5.78. The van der Waals surface area contributed by atoms with Gasteiger partial charge in [-0.3, -0.25) is 14.1 Å². The summed E-state index contributed by atoms with van der Waals surface area (Å²) in [7, 11) is 1.35. The van der Waals surface area contributed by atoms with Gasteiger partial charge in [0.05, 0.1) is 7.11 Å². The fraction of sp³-hybridized carbons (Fsp3) is 0.406. The van der Waals surface area contributed by atoms with Gasteiger partial charge in [0.15, 0.2) is 6.20 Å². The van der Waals surface area contributed by atoms with Gasteiger partial charge < -0.3 is 18.7 Å². The molecule has 2 aliphatic heterocycles. The minimum absolute atomic E-state index is 0.0521. The molecule has 2 aliphatic rings. The number of nitrogens with zero attached hydrogens (tertiary/aromatic N) is 3. The van der Waals surface area contributed by atoms with Crippen LogP contribution in [0.25, 0.3) is 6.08 Å². The van der Waals surface area contributed by atoms with Gasteiger partial charge in [-0.1, -0.05) is 26.3 Å². The smallest absolute Gasteiger partial charge is 0.357 e. The molecule has 2 aromatic rings. The molecule has 1 N–H and O–H groups in total. The van der Waals surface area contributed by atoms with Gasteiger partial charge >= 0.3 is 23.3 Å². The summed E-state index contributed by atoms with van der Waals surface area (Å²) in [6, 6.07) is 8.86. The van der Waals surface area contributed by atoms with Crippen molar-refractivity contribution in [3.8, 4) is 5.75 Å². The van der Waals surface area contributed by atoms with E-state index in [1.807, 2.05) is 41.9 Å². The molecule has 1 saturated heterocycles. The molecule has 45 heavy (non-hydrogen) atoms. The van der Waals surface area contributed by atoms with Gasteiger partial charge in [-0.05, 0) is 55.7 Å². The van der Waals surface area contributed by atoms with Crippen molar-refractivity contribution < 1.29 is 46.3 Å². The first-order chi connectivity index (χ1) is 21.5. The van der Waals surface area contributed by atoms with Crippen LogP contribution in [0.5, 0.6) is 5.75 Å². The quantitative estimate of drug-likeness (QED) is 0.111. The summed E-state index contributed by atoms with van der Waals surface area (Å²) >= 11 is -2.46. The number of benzene rings is 1. The lowest BCUT2D eigenvalue weighted by atomic mass is 9.83. The number of amides is 2. The second-order valence-electron chi connectivity index (χ2n) is 11.1. The number of hydroxylamine groups is 2. The number of ether oxygens (including phenoxy) is 1. The molecule has 240 valence electrons. The average molecular weight is 641 g/mol. The lowest BCUT2D eigenvalue weighted by Gasteiger charge is -2.27. The molecule has 0 aliphatic carbocycles. The van der Waals surface area contributed by atoms with E-state index in [2.05, 4.69) is 18.7 Å². The van der Waals surface area contributed by atoms with Crippen LogP contribution in [0.3, 0.4) is 0 Å². The minimum Gasteiger partial charge on any atom is -0.465 e. The summed E-state index contributed by atoms with van der Waals surface area (Å²) < 4.78 is 32.4. The Morgan fingerprint density at radius 3 is 2.49 bits per heavy atom. The third kappa shape index (κ3) is 7.84. The molecule has 13 heteroatoms. The predicted octanol–water partition coefficient (Wildman–Crippen LogP) is 4.16. The van der Waals surface area contributed by atoms with Crippen LogP contribution in [0, 0.1) is 0 Å². The van der Waals surface area contributed by atoms with E-state index < -0.39 is 40.5 Å². The van der Waals surface area contributed by atoms with E-state index in [-0.39, 0.29) is 25.0 Å². The summed E-state index contributed by atoms with van der Waals surface area (Å²) in [5, 5.41) is 0.565. The molecule has 0 bridgehead atoms. The highest BCUT2D eigenvalue weighted by atomic mass is 32.2. The highest BCUT2D eigenvalue weighted by Gasteiger charge is 2.40. The van der Waals surface area contributed by atoms with Crippen LogP contribution in [0.2, 0.25) is 0 Å². The molecule has 0 saturated carbocycles. The Labute approximate surface area is 264 Å². The van der Waals surface area contributed by atoms with E-state index in [0.717, 1.165) is 29.1 Å². The normalized spacial score (nSPS) is 17.2. The Hall–Kier alpha value is -4.36. The van der Waals surface area contributed by atoms with Crippen LogP contribution < -0.4 is 13.7 Å². The van der Waals surface area contributed by atoms with Crippen LogP contribution in [0.15, 0.2) is 54.4 Å². The molecule has 0 spiro atoms. The number of carbonyl (C=O) groups excluding carboxylic acids is 4. The van der Waals surface area contributed by atoms with Crippen molar-refractivity contribution >= 4 is 46.9 Å². The SMILES string of the molecule is CC[n+]1cc(C(=O)OC)ccc1C=CC=C1N(CCCCCC(=O)ON2C(=O)CCC2=O)c2ccc(OS(=O)O)cc2C1(C)C. The fourth-order valence-electron chi connectivity index (χ4n) is 5.51. The Morgan fingerprint density at radius 1 is 1.09 bits per heavy atom. The van der Waals surface area contributed by atoms with Crippen molar-refractivity contribution in [1.29, 1.82) is 0 Å². The molecule has 1 atom stereocenters. The first-order valence-corrected chi connectivity index (χ1v) is 15.8. The second kappa shape index (κ2) is 14.6. The molecular formula is C32H38N3O9S+. The van der Waals surface area contributed by atoms with Gasteiger partial charge in [0.25, 0.3) is 11.8 Å². The van der Waals surface area contributed by atoms with Crippen LogP contribution >= 0.6 is 0 Å². The van der Waals surface area contributed by atoms with Crippen LogP contribution in [-0.4, -0.2) is 51.2 Å². The van der Waals surface area contributed by atoms with Crippen molar-refractivity contribution in [3.63, 3.8) is 0 Å². The van der Waals surface area contributed by atoms with E-state index in [4.69, 9.17) is 13.8 Å². The summed E-state index contributed by atoms with van der Waals surface area (Å²) in [4.78, 5) is 54.7. The Kier molecular flexibility index (Phi) is 10.9. The third-order valence-electron chi connectivity index (χ3n) is 7.84. The number of methoxy groups -OCH3 is 1. The highest BCUT2D eigenvalue weighted by Crippen LogP contribution is 2.49. The number of aromatic nitrogens is 1. The maximum absolute atomic E-state index is 12.2. The summed E-state index contributed by atoms with van der Waals surface area (Å²) in [6.45, 7) is 7.40. The van der Waals surface area contributed by atoms with E-state index in [1.54, 1.807) is 24.4 Å². The Balaban J connectivity index is 1.50. The number of imide groups is 1. The molecule has 0 radical (unpaired) electrons. The Morgan fingerprint density at radius 2 is 1.82 bits per heavy atom. The molecule has 3 heterocycles. The summed E-state index contributed by atoms with van der Waals surface area (Å²) in [5.41, 5.74) is 3.74. The first kappa shape index (κ1) is 33.5. The van der Waals surface area contributed by atoms with E-state index in [9.17, 15) is 27.9 Å². The summed E-state index contributed by atoms with van der Waals surface area (Å²) in [6.07, 6.45) is 9.82. The van der Waals surface area contributed by atoms with Gasteiger partial charge in [0, 0.05) is 54.7 Å². The van der Waals surface area contributed by atoms with Crippen LogP contribution in [0.1, 0.15) is 80.9 Å². The highest BCUT2D eigenvalue weighted by molar-refractivity contribution is 7.74. The standard InChI is InChI=1S/C32H37N3O9S/c1-5-33-21-22(31(39)42-4)13-14-23(33)10-9-11-27-32(2,3)25-20-24(44-45(40)41)15-16-26(25)34(27)19-8-6-7-12-30(38)43-35-28(36)17-18-29(35)37/h9-11,13-16,20-21H,5-8,12,17-19H2,1-4H3/p+1. The zero-order valence-electron chi connectivity index (χ0n) is 25.8. The first-order valence-electron chi connectivity index (χ1n) is 14.7. The zero-order chi connectivity index (χ0) is 32.7. The maximum Gasteiger partial charge on any atom is 0.357 e. The number of unbranched alkanes of at least 4 members (excludes halogenated alkanes) is 2. The van der Waals surface area contributed by atoms with Gasteiger partial charge in [-0.2, -0.15) is 8.78 Å². The van der Waals surface area contributed by atoms with Gasteiger partial charge in [-0.25, -0.2) is 9.59 Å². The predicted molar refractivity (Wildman–Crippen MR) is 165 cm³/mol. The number of esters is 1. The minimum atomic E-state index is -2.46. The lowest BCUT2D eigenvalue weighted by molar-refractivity contribution is -0.695. The van der Waals surface area contributed by atoms with E-state index in [0.29, 0.717) is 36.6 Å². The molecule has 2 amide bonds. The number of rotatable bonds is 13. The van der Waals surface area contributed by atoms with Crippen molar-refractivity contribution in [2.24, 2.45) is 0 Å². The summed E-state index contributed by atoms with van der Waals surface area (Å²) in [5.74, 6) is -1.74. The number of anilines is 1. The molecule has 1 aromatic carbocycles. The number of allylic oxidation sites excluding steroid dienone is 3. The Bertz CT molecular complexity index is 1550. The molecule has 1 fully saturated rings. The number of carbonyl (C=O) groups is 4. The monoisotopic (exact) mass is 640 g/mol. The van der Waals surface area contributed by atoms with Crippen molar-refractivity contribution in [2.45, 2.75) is 71.3 Å². The van der Waals surface area contributed by atoms with Crippen molar-refractivity contribution in [2.75, 3.05) is 18.6 Å². The third-order valence-corrected chi connectivity index (χ3v) is 8.17. The number of hydrogen-bond acceptors (Lipinski definition) is 9.